The van der Waals surface area contributed by atoms with Crippen LogP contribution in [-0.2, 0) is 28.2 Å². The van der Waals surface area contributed by atoms with Gasteiger partial charge in [0.2, 0.25) is 0 Å². The number of rotatable bonds is 39. The lowest BCUT2D eigenvalue weighted by Crippen LogP contribution is -2.29. The van der Waals surface area contributed by atoms with Crippen LogP contribution in [-0.4, -0.2) is 41.0 Å². The lowest BCUT2D eigenvalue weighted by Gasteiger charge is -2.18. The van der Waals surface area contributed by atoms with Gasteiger partial charge < -0.3 is 19.3 Å². The van der Waals surface area contributed by atoms with Crippen LogP contribution < -0.4 is 0 Å². The largest absolute Gasteiger partial charge is 0.469 e. The number of phosphoric acid groups is 1. The molecule has 1 atom stereocenters. The van der Waals surface area contributed by atoms with E-state index < -0.39 is 32.5 Å². The third-order valence-electron chi connectivity index (χ3n) is 9.13. The Bertz CT molecular complexity index is 941. The van der Waals surface area contributed by atoms with Gasteiger partial charge in [-0.2, -0.15) is 0 Å². The van der Waals surface area contributed by atoms with Gasteiger partial charge in [-0.1, -0.05) is 159 Å². The molecule has 0 aromatic carbocycles. The third-order valence-corrected chi connectivity index (χ3v) is 9.62. The number of hydrogen-bond acceptors (Lipinski definition) is 6. The Hall–Kier alpha value is -1.73. The van der Waals surface area contributed by atoms with Crippen molar-refractivity contribution in [1.82, 2.24) is 0 Å². The SMILES string of the molecule is CCCCC/C=C/C/C=C/CCCCCCCCCC(=O)OC[C@H](COP(=O)(O)O)OC(=O)CCCCCCCCCCC/C=C/CCCCCC. The summed E-state index contributed by atoms with van der Waals surface area (Å²) in [5.41, 5.74) is 0. The van der Waals surface area contributed by atoms with Gasteiger partial charge in [0.05, 0.1) is 6.61 Å². The van der Waals surface area contributed by atoms with Crippen LogP contribution in [0, 0.1) is 0 Å². The zero-order valence-corrected chi connectivity index (χ0v) is 34.4. The lowest BCUT2D eigenvalue weighted by molar-refractivity contribution is -0.161. The highest BCUT2D eigenvalue weighted by Gasteiger charge is 2.22. The molecule has 0 aliphatic heterocycles. The third kappa shape index (κ3) is 41.0. The molecule has 2 N–H and O–H groups in total. The Morgan fingerprint density at radius 3 is 1.33 bits per heavy atom. The highest BCUT2D eigenvalue weighted by Crippen LogP contribution is 2.36. The van der Waals surface area contributed by atoms with Crippen molar-refractivity contribution < 1.29 is 37.9 Å². The quantitative estimate of drug-likeness (QED) is 0.0275. The van der Waals surface area contributed by atoms with Gasteiger partial charge in [-0.15, -0.1) is 0 Å². The van der Waals surface area contributed by atoms with Crippen molar-refractivity contribution in [2.75, 3.05) is 13.2 Å². The fraction of sp³-hybridized carbons (Fsp3) is 0.814. The second-order valence-corrected chi connectivity index (χ2v) is 15.5. The Balaban J connectivity index is 3.92. The van der Waals surface area contributed by atoms with Crippen molar-refractivity contribution >= 4 is 19.8 Å². The summed E-state index contributed by atoms with van der Waals surface area (Å²) in [4.78, 5) is 42.9. The second-order valence-electron chi connectivity index (χ2n) is 14.3. The molecule has 0 aliphatic rings. The lowest BCUT2D eigenvalue weighted by atomic mass is 10.1. The molecular formula is C43H79O8P. The molecule has 0 bridgehead atoms. The van der Waals surface area contributed by atoms with E-state index in [-0.39, 0.29) is 19.4 Å². The summed E-state index contributed by atoms with van der Waals surface area (Å²) in [6, 6.07) is 0. The number of allylic oxidation sites excluding steroid dienone is 6. The van der Waals surface area contributed by atoms with E-state index in [1.807, 2.05) is 0 Å². The van der Waals surface area contributed by atoms with Gasteiger partial charge in [-0.05, 0) is 70.6 Å². The number of phosphoric ester groups is 1. The van der Waals surface area contributed by atoms with Crippen LogP contribution in [0.25, 0.3) is 0 Å². The van der Waals surface area contributed by atoms with E-state index >= 15 is 0 Å². The first-order chi connectivity index (χ1) is 25.3. The van der Waals surface area contributed by atoms with Crippen molar-refractivity contribution in [2.24, 2.45) is 0 Å². The molecule has 8 nitrogen and oxygen atoms in total. The maximum Gasteiger partial charge on any atom is 0.469 e. The summed E-state index contributed by atoms with van der Waals surface area (Å²) in [6.07, 6.45) is 45.7. The Kier molecular flexibility index (Phi) is 37.7. The summed E-state index contributed by atoms with van der Waals surface area (Å²) in [5.74, 6) is -0.892. The minimum atomic E-state index is -4.75. The monoisotopic (exact) mass is 755 g/mol. The summed E-state index contributed by atoms with van der Waals surface area (Å²) < 4.78 is 26.4. The molecule has 0 fully saturated rings. The first kappa shape index (κ1) is 50.3. The van der Waals surface area contributed by atoms with E-state index in [4.69, 9.17) is 19.3 Å². The van der Waals surface area contributed by atoms with E-state index in [1.54, 1.807) is 0 Å². The van der Waals surface area contributed by atoms with Crippen LogP contribution in [0.2, 0.25) is 0 Å². The molecule has 0 unspecified atom stereocenters. The number of carbonyl (C=O) groups is 2. The van der Waals surface area contributed by atoms with Crippen LogP contribution >= 0.6 is 7.82 Å². The Morgan fingerprint density at radius 1 is 0.500 bits per heavy atom. The predicted octanol–water partition coefficient (Wildman–Crippen LogP) is 13.0. The Labute approximate surface area is 319 Å². The molecule has 0 saturated carbocycles. The van der Waals surface area contributed by atoms with Crippen LogP contribution in [0.15, 0.2) is 36.5 Å². The molecule has 0 rings (SSSR count). The molecule has 0 aromatic heterocycles. The fourth-order valence-electron chi connectivity index (χ4n) is 5.93. The molecule has 0 aromatic rings. The fourth-order valence-corrected chi connectivity index (χ4v) is 6.29. The minimum Gasteiger partial charge on any atom is -0.462 e. The summed E-state index contributed by atoms with van der Waals surface area (Å²) in [7, 11) is -4.75. The van der Waals surface area contributed by atoms with Crippen LogP contribution in [0.1, 0.15) is 206 Å². The standard InChI is InChI=1S/C43H79O8P/c1-3-5-7-9-11-13-15-17-19-21-23-25-27-29-31-33-35-37-42(44)49-39-41(40-50-52(46,47)48)51-43(45)38-36-34-32-30-28-26-24-22-20-18-16-14-12-10-8-6-4-2/h11,13-14,16-17,19,41H,3-10,12,15,18,20-40H2,1-2H3,(H2,46,47,48)/b13-11+,16-14+,19-17+/t41-/m1/s1. The molecule has 9 heteroatoms. The molecule has 52 heavy (non-hydrogen) atoms. The van der Waals surface area contributed by atoms with Gasteiger partial charge in [0.15, 0.2) is 6.10 Å². The molecular weight excluding hydrogens is 675 g/mol. The van der Waals surface area contributed by atoms with E-state index in [0.717, 1.165) is 51.4 Å². The normalized spacial score (nSPS) is 12.8. The van der Waals surface area contributed by atoms with E-state index in [9.17, 15) is 14.2 Å². The van der Waals surface area contributed by atoms with Gasteiger partial charge in [0, 0.05) is 12.8 Å². The first-order valence-corrected chi connectivity index (χ1v) is 22.8. The minimum absolute atomic E-state index is 0.208. The van der Waals surface area contributed by atoms with Crippen molar-refractivity contribution in [3.8, 4) is 0 Å². The van der Waals surface area contributed by atoms with Crippen LogP contribution in [0.5, 0.6) is 0 Å². The topological polar surface area (TPSA) is 119 Å². The average Bonchev–Trinajstić information content (AvgIpc) is 3.11. The highest BCUT2D eigenvalue weighted by molar-refractivity contribution is 7.46. The number of hydrogen-bond donors (Lipinski definition) is 2. The molecule has 0 amide bonds. The summed E-state index contributed by atoms with van der Waals surface area (Å²) in [6.45, 7) is 3.65. The zero-order chi connectivity index (χ0) is 38.2. The zero-order valence-electron chi connectivity index (χ0n) is 33.5. The van der Waals surface area contributed by atoms with Crippen molar-refractivity contribution in [3.63, 3.8) is 0 Å². The molecule has 0 spiro atoms. The first-order valence-electron chi connectivity index (χ1n) is 21.3. The smallest absolute Gasteiger partial charge is 0.462 e. The summed E-state index contributed by atoms with van der Waals surface area (Å²) in [5, 5.41) is 0. The molecule has 0 saturated heterocycles. The van der Waals surface area contributed by atoms with Crippen molar-refractivity contribution in [2.45, 2.75) is 213 Å². The number of esters is 2. The summed E-state index contributed by atoms with van der Waals surface area (Å²) >= 11 is 0. The van der Waals surface area contributed by atoms with Crippen molar-refractivity contribution in [1.29, 1.82) is 0 Å². The molecule has 0 radical (unpaired) electrons. The highest BCUT2D eigenvalue weighted by atomic mass is 31.2. The van der Waals surface area contributed by atoms with Gasteiger partial charge in [-0.25, -0.2) is 4.57 Å². The molecule has 0 aliphatic carbocycles. The van der Waals surface area contributed by atoms with Gasteiger partial charge in [-0.3, -0.25) is 14.1 Å². The maximum atomic E-state index is 12.4. The molecule has 0 heterocycles. The van der Waals surface area contributed by atoms with Gasteiger partial charge >= 0.3 is 19.8 Å². The molecule has 304 valence electrons. The predicted molar refractivity (Wildman–Crippen MR) is 216 cm³/mol. The van der Waals surface area contributed by atoms with E-state index in [0.29, 0.717) is 12.8 Å². The van der Waals surface area contributed by atoms with E-state index in [1.165, 1.54) is 116 Å². The average molecular weight is 755 g/mol. The second kappa shape index (κ2) is 39.0. The number of ether oxygens (including phenoxy) is 2. The van der Waals surface area contributed by atoms with Gasteiger partial charge in [0.25, 0.3) is 0 Å². The van der Waals surface area contributed by atoms with Crippen LogP contribution in [0.3, 0.4) is 0 Å². The Morgan fingerprint density at radius 2 is 0.865 bits per heavy atom. The van der Waals surface area contributed by atoms with Crippen molar-refractivity contribution in [3.05, 3.63) is 36.5 Å². The maximum absolute atomic E-state index is 12.4. The van der Waals surface area contributed by atoms with E-state index in [2.05, 4.69) is 54.8 Å². The number of unbranched alkanes of at least 4 members (excludes halogenated alkanes) is 23. The van der Waals surface area contributed by atoms with Crippen LogP contribution in [0.4, 0.5) is 0 Å². The van der Waals surface area contributed by atoms with Gasteiger partial charge in [0.1, 0.15) is 6.61 Å². The number of carbonyl (C=O) groups excluding carboxylic acids is 2.